The number of nitrogens with zero attached hydrogens (tertiary/aromatic N) is 1. The van der Waals surface area contributed by atoms with Gasteiger partial charge in [0.25, 0.3) is 0 Å². The van der Waals surface area contributed by atoms with Gasteiger partial charge in [0, 0.05) is 25.4 Å². The first-order valence-corrected chi connectivity index (χ1v) is 7.62. The number of thioether (sulfide) groups is 1. The zero-order valence-corrected chi connectivity index (χ0v) is 11.2. The highest BCUT2D eigenvalue weighted by atomic mass is 32.2. The van der Waals surface area contributed by atoms with E-state index < -0.39 is 0 Å². The van der Waals surface area contributed by atoms with Crippen LogP contribution in [0.4, 0.5) is 0 Å². The average Bonchev–Trinajstić information content (AvgIpc) is 2.65. The van der Waals surface area contributed by atoms with Crippen LogP contribution in [-0.4, -0.2) is 36.0 Å². The van der Waals surface area contributed by atoms with Gasteiger partial charge in [0.1, 0.15) is 0 Å². The van der Waals surface area contributed by atoms with E-state index in [1.54, 1.807) is 0 Å². The predicted octanol–water partition coefficient (Wildman–Crippen LogP) is 2.13. The van der Waals surface area contributed by atoms with Gasteiger partial charge < -0.3 is 10.6 Å². The zero-order chi connectivity index (χ0) is 11.9. The summed E-state index contributed by atoms with van der Waals surface area (Å²) in [6, 6.07) is 8.56. The number of hydrogen-bond acceptors (Lipinski definition) is 3. The summed E-state index contributed by atoms with van der Waals surface area (Å²) in [5, 5.41) is 0. The van der Waals surface area contributed by atoms with Gasteiger partial charge in [0.15, 0.2) is 0 Å². The minimum Gasteiger partial charge on any atom is -0.326 e. The third-order valence-electron chi connectivity index (χ3n) is 3.35. The SMILES string of the molecule is NCc1ccccc1CCN1CCCSCC1. The minimum atomic E-state index is 0.659. The quantitative estimate of drug-likeness (QED) is 0.887. The molecule has 2 nitrogen and oxygen atoms in total. The van der Waals surface area contributed by atoms with Crippen LogP contribution in [-0.2, 0) is 13.0 Å². The third-order valence-corrected chi connectivity index (χ3v) is 4.40. The van der Waals surface area contributed by atoms with Crippen LogP contribution in [0, 0.1) is 0 Å². The van der Waals surface area contributed by atoms with Gasteiger partial charge in [-0.25, -0.2) is 0 Å². The molecule has 0 radical (unpaired) electrons. The van der Waals surface area contributed by atoms with Crippen molar-refractivity contribution >= 4 is 11.8 Å². The predicted molar refractivity (Wildman–Crippen MR) is 76.4 cm³/mol. The molecule has 0 spiro atoms. The zero-order valence-electron chi connectivity index (χ0n) is 10.4. The van der Waals surface area contributed by atoms with Crippen LogP contribution in [0.1, 0.15) is 17.5 Å². The number of nitrogens with two attached hydrogens (primary N) is 1. The third kappa shape index (κ3) is 4.02. The first-order valence-electron chi connectivity index (χ1n) is 6.47. The summed E-state index contributed by atoms with van der Waals surface area (Å²) in [6.45, 7) is 4.34. The number of rotatable bonds is 4. The molecule has 1 saturated heterocycles. The molecule has 1 heterocycles. The van der Waals surface area contributed by atoms with Gasteiger partial charge in [0.2, 0.25) is 0 Å². The minimum absolute atomic E-state index is 0.659. The van der Waals surface area contributed by atoms with Crippen molar-refractivity contribution in [1.82, 2.24) is 4.90 Å². The van der Waals surface area contributed by atoms with Crippen molar-refractivity contribution in [3.05, 3.63) is 35.4 Å². The Labute approximate surface area is 109 Å². The molecule has 0 saturated carbocycles. The molecule has 0 unspecified atom stereocenters. The molecule has 1 aromatic carbocycles. The maximum Gasteiger partial charge on any atom is 0.0180 e. The van der Waals surface area contributed by atoms with Crippen molar-refractivity contribution in [2.24, 2.45) is 5.73 Å². The van der Waals surface area contributed by atoms with Crippen molar-refractivity contribution in [2.45, 2.75) is 19.4 Å². The standard InChI is InChI=1S/C14H22N2S/c15-12-14-5-2-1-4-13(14)6-8-16-7-3-10-17-11-9-16/h1-2,4-5H,3,6-12,15H2. The molecule has 1 aromatic rings. The van der Waals surface area contributed by atoms with Crippen molar-refractivity contribution in [1.29, 1.82) is 0 Å². The van der Waals surface area contributed by atoms with Gasteiger partial charge >= 0.3 is 0 Å². The van der Waals surface area contributed by atoms with Crippen LogP contribution in [0.25, 0.3) is 0 Å². The van der Waals surface area contributed by atoms with Crippen LogP contribution in [0.2, 0.25) is 0 Å². The van der Waals surface area contributed by atoms with Gasteiger partial charge in [-0.05, 0) is 36.3 Å². The number of benzene rings is 1. The van der Waals surface area contributed by atoms with E-state index in [4.69, 9.17) is 5.73 Å². The van der Waals surface area contributed by atoms with E-state index in [1.807, 2.05) is 0 Å². The molecule has 1 fully saturated rings. The highest BCUT2D eigenvalue weighted by Gasteiger charge is 2.09. The molecule has 17 heavy (non-hydrogen) atoms. The van der Waals surface area contributed by atoms with Gasteiger partial charge in [-0.15, -0.1) is 0 Å². The molecule has 3 heteroatoms. The van der Waals surface area contributed by atoms with Crippen LogP contribution in [0.5, 0.6) is 0 Å². The maximum absolute atomic E-state index is 5.77. The fourth-order valence-corrected chi connectivity index (χ4v) is 3.23. The Kier molecular flexibility index (Phi) is 5.36. The molecule has 0 amide bonds. The first kappa shape index (κ1) is 12.9. The molecule has 1 aliphatic rings. The van der Waals surface area contributed by atoms with Crippen LogP contribution >= 0.6 is 11.8 Å². The van der Waals surface area contributed by atoms with Crippen LogP contribution in [0.15, 0.2) is 24.3 Å². The Morgan fingerprint density at radius 3 is 2.76 bits per heavy atom. The topological polar surface area (TPSA) is 29.3 Å². The van der Waals surface area contributed by atoms with E-state index >= 15 is 0 Å². The monoisotopic (exact) mass is 250 g/mol. The summed E-state index contributed by atoms with van der Waals surface area (Å²) >= 11 is 2.09. The normalized spacial score (nSPS) is 17.9. The Morgan fingerprint density at radius 1 is 1.12 bits per heavy atom. The molecule has 0 aromatic heterocycles. The lowest BCUT2D eigenvalue weighted by Crippen LogP contribution is -2.28. The molecule has 1 aliphatic heterocycles. The van der Waals surface area contributed by atoms with Gasteiger partial charge in [-0.1, -0.05) is 24.3 Å². The van der Waals surface area contributed by atoms with Crippen molar-refractivity contribution in [2.75, 3.05) is 31.1 Å². The highest BCUT2D eigenvalue weighted by Crippen LogP contribution is 2.13. The molecule has 0 atom stereocenters. The summed E-state index contributed by atoms with van der Waals surface area (Å²) in [5.41, 5.74) is 8.49. The Morgan fingerprint density at radius 2 is 1.94 bits per heavy atom. The molecule has 0 bridgehead atoms. The molecular weight excluding hydrogens is 228 g/mol. The lowest BCUT2D eigenvalue weighted by atomic mass is 10.0. The number of hydrogen-bond donors (Lipinski definition) is 1. The largest absolute Gasteiger partial charge is 0.326 e. The van der Waals surface area contributed by atoms with Gasteiger partial charge in [0.05, 0.1) is 0 Å². The Bertz CT molecular complexity index is 333. The van der Waals surface area contributed by atoms with Crippen molar-refractivity contribution < 1.29 is 0 Å². The second kappa shape index (κ2) is 7.04. The lowest BCUT2D eigenvalue weighted by molar-refractivity contribution is 0.299. The van der Waals surface area contributed by atoms with Crippen LogP contribution < -0.4 is 5.73 Å². The van der Waals surface area contributed by atoms with E-state index in [1.165, 1.54) is 48.7 Å². The molecule has 2 N–H and O–H groups in total. The lowest BCUT2D eigenvalue weighted by Gasteiger charge is -2.20. The van der Waals surface area contributed by atoms with E-state index in [9.17, 15) is 0 Å². The summed E-state index contributed by atoms with van der Waals surface area (Å²) in [6.07, 6.45) is 2.47. The average molecular weight is 250 g/mol. The Balaban J connectivity index is 1.87. The van der Waals surface area contributed by atoms with E-state index in [0.29, 0.717) is 6.54 Å². The summed E-state index contributed by atoms with van der Waals surface area (Å²) in [7, 11) is 0. The molecule has 94 valence electrons. The second-order valence-corrected chi connectivity index (χ2v) is 5.76. The molecule has 0 aliphatic carbocycles. The van der Waals surface area contributed by atoms with E-state index in [0.717, 1.165) is 6.42 Å². The van der Waals surface area contributed by atoms with E-state index in [-0.39, 0.29) is 0 Å². The van der Waals surface area contributed by atoms with Crippen molar-refractivity contribution in [3.63, 3.8) is 0 Å². The van der Waals surface area contributed by atoms with Gasteiger partial charge in [-0.2, -0.15) is 11.8 Å². The molecular formula is C14H22N2S. The highest BCUT2D eigenvalue weighted by molar-refractivity contribution is 7.99. The van der Waals surface area contributed by atoms with Crippen LogP contribution in [0.3, 0.4) is 0 Å². The van der Waals surface area contributed by atoms with Crippen molar-refractivity contribution in [3.8, 4) is 0 Å². The fraction of sp³-hybridized carbons (Fsp3) is 0.571. The molecule has 2 rings (SSSR count). The first-order chi connectivity index (χ1) is 8.40. The summed E-state index contributed by atoms with van der Waals surface area (Å²) in [5.74, 6) is 2.62. The maximum atomic E-state index is 5.77. The summed E-state index contributed by atoms with van der Waals surface area (Å²) in [4.78, 5) is 2.59. The second-order valence-electron chi connectivity index (χ2n) is 4.53. The van der Waals surface area contributed by atoms with Gasteiger partial charge in [-0.3, -0.25) is 0 Å². The summed E-state index contributed by atoms with van der Waals surface area (Å²) < 4.78 is 0. The smallest absolute Gasteiger partial charge is 0.0180 e. The van der Waals surface area contributed by atoms with E-state index in [2.05, 4.69) is 40.9 Å². The fourth-order valence-electron chi connectivity index (χ4n) is 2.30. The Hall–Kier alpha value is -0.510.